The predicted octanol–water partition coefficient (Wildman–Crippen LogP) is 1.68. The topological polar surface area (TPSA) is 34.1 Å². The van der Waals surface area contributed by atoms with Crippen LogP contribution in [0.5, 0.6) is 0 Å². The number of ketones is 1. The molecule has 15 heavy (non-hydrogen) atoms. The van der Waals surface area contributed by atoms with Crippen molar-refractivity contribution in [1.82, 2.24) is 0 Å². The summed E-state index contributed by atoms with van der Waals surface area (Å²) < 4.78 is 12.2. The standard InChI is InChI=1S/C12H16O2S/c13-12(11-6-2-1-3-7-11)10-15(14)8-4-5-9-15/h1-3,6-7,15H,4-5,8-10H2. The molecule has 0 saturated carbocycles. The fourth-order valence-corrected chi connectivity index (χ4v) is 4.89. The molecule has 1 aliphatic heterocycles. The molecule has 1 saturated heterocycles. The maximum absolute atomic E-state index is 12.2. The number of Topliss-reactive ketones (excluding diaryl/α,β-unsaturated/α-hetero) is 1. The van der Waals surface area contributed by atoms with Crippen LogP contribution in [0.15, 0.2) is 30.3 Å². The van der Waals surface area contributed by atoms with Crippen molar-refractivity contribution in [2.75, 3.05) is 17.3 Å². The molecule has 0 unspecified atom stereocenters. The Morgan fingerprint density at radius 2 is 1.73 bits per heavy atom. The summed E-state index contributed by atoms with van der Waals surface area (Å²) in [4.78, 5) is 11.8. The molecule has 1 heterocycles. The fourth-order valence-electron chi connectivity index (χ4n) is 2.05. The Hall–Kier alpha value is -0.960. The van der Waals surface area contributed by atoms with Crippen molar-refractivity contribution in [1.29, 1.82) is 0 Å². The maximum Gasteiger partial charge on any atom is 0.173 e. The van der Waals surface area contributed by atoms with Gasteiger partial charge in [-0.2, -0.15) is 0 Å². The summed E-state index contributed by atoms with van der Waals surface area (Å²) in [5.41, 5.74) is 0.694. The van der Waals surface area contributed by atoms with Crippen molar-refractivity contribution >= 4 is 15.7 Å². The molecule has 0 atom stereocenters. The van der Waals surface area contributed by atoms with Gasteiger partial charge in [-0.05, 0) is 12.8 Å². The first-order valence-electron chi connectivity index (χ1n) is 5.35. The van der Waals surface area contributed by atoms with Gasteiger partial charge in [0.1, 0.15) is 0 Å². The number of hydrogen-bond donors (Lipinski definition) is 1. The Labute approximate surface area is 91.1 Å². The molecule has 2 rings (SSSR count). The van der Waals surface area contributed by atoms with Gasteiger partial charge in [0, 0.05) is 17.1 Å². The van der Waals surface area contributed by atoms with Crippen LogP contribution in [-0.4, -0.2) is 27.3 Å². The van der Waals surface area contributed by atoms with E-state index in [2.05, 4.69) is 0 Å². The highest BCUT2D eigenvalue weighted by Gasteiger charge is 2.24. The number of benzene rings is 1. The zero-order chi connectivity index (χ0) is 10.7. The molecule has 1 aromatic carbocycles. The lowest BCUT2D eigenvalue weighted by atomic mass is 10.2. The third-order valence-corrected chi connectivity index (χ3v) is 6.03. The summed E-state index contributed by atoms with van der Waals surface area (Å²) in [5.74, 6) is 1.86. The van der Waals surface area contributed by atoms with Crippen LogP contribution in [0.25, 0.3) is 0 Å². The highest BCUT2D eigenvalue weighted by atomic mass is 32.2. The first-order chi connectivity index (χ1) is 7.20. The minimum absolute atomic E-state index is 0.0424. The Bertz CT molecular complexity index is 387. The lowest BCUT2D eigenvalue weighted by Crippen LogP contribution is -2.24. The fraction of sp³-hybridized carbons (Fsp3) is 0.417. The van der Waals surface area contributed by atoms with Gasteiger partial charge in [-0.3, -0.25) is 9.00 Å². The molecule has 3 heteroatoms. The van der Waals surface area contributed by atoms with Crippen molar-refractivity contribution < 1.29 is 9.00 Å². The van der Waals surface area contributed by atoms with Crippen LogP contribution in [0.4, 0.5) is 0 Å². The van der Waals surface area contributed by atoms with Gasteiger partial charge in [-0.15, -0.1) is 0 Å². The summed E-state index contributed by atoms with van der Waals surface area (Å²) in [5, 5.41) is 0. The molecular weight excluding hydrogens is 208 g/mol. The quantitative estimate of drug-likeness (QED) is 0.626. The first-order valence-corrected chi connectivity index (χ1v) is 7.61. The SMILES string of the molecule is O=C(C[SH]1(=O)CCCC1)c1ccccc1. The number of hydrogen-bond acceptors (Lipinski definition) is 2. The van der Waals surface area contributed by atoms with E-state index in [4.69, 9.17) is 0 Å². The second kappa shape index (κ2) is 4.27. The summed E-state index contributed by atoms with van der Waals surface area (Å²) in [6.07, 6.45) is 2.05. The van der Waals surface area contributed by atoms with Gasteiger partial charge < -0.3 is 0 Å². The lowest BCUT2D eigenvalue weighted by Gasteiger charge is -2.15. The Morgan fingerprint density at radius 3 is 2.33 bits per heavy atom. The van der Waals surface area contributed by atoms with E-state index in [1.165, 1.54) is 0 Å². The van der Waals surface area contributed by atoms with Crippen LogP contribution in [0.1, 0.15) is 23.2 Å². The average molecular weight is 224 g/mol. The van der Waals surface area contributed by atoms with Gasteiger partial charge in [-0.1, -0.05) is 40.3 Å². The van der Waals surface area contributed by atoms with Crippen LogP contribution >= 0.6 is 0 Å². The molecule has 82 valence electrons. The monoisotopic (exact) mass is 224 g/mol. The van der Waals surface area contributed by atoms with Gasteiger partial charge >= 0.3 is 0 Å². The molecular formula is C12H16O2S. The van der Waals surface area contributed by atoms with E-state index in [0.29, 0.717) is 5.56 Å². The molecule has 1 fully saturated rings. The molecule has 0 N–H and O–H groups in total. The van der Waals surface area contributed by atoms with Crippen LogP contribution in [0.2, 0.25) is 0 Å². The van der Waals surface area contributed by atoms with Crippen molar-refractivity contribution in [3.8, 4) is 0 Å². The first kappa shape index (κ1) is 10.6. The van der Waals surface area contributed by atoms with Gasteiger partial charge in [0.2, 0.25) is 0 Å². The molecule has 0 radical (unpaired) electrons. The molecule has 0 amide bonds. The molecule has 0 spiro atoms. The average Bonchev–Trinajstić information content (AvgIpc) is 2.66. The third kappa shape index (κ3) is 2.53. The van der Waals surface area contributed by atoms with Crippen molar-refractivity contribution in [3.63, 3.8) is 0 Å². The summed E-state index contributed by atoms with van der Waals surface area (Å²) in [6.45, 7) is 0. The van der Waals surface area contributed by atoms with E-state index in [-0.39, 0.29) is 11.5 Å². The zero-order valence-corrected chi connectivity index (χ0v) is 9.58. The molecule has 1 aliphatic rings. The lowest BCUT2D eigenvalue weighted by molar-refractivity contribution is 0.102. The largest absolute Gasteiger partial charge is 0.293 e. The number of carbonyl (C=O) groups excluding carboxylic acids is 1. The second-order valence-electron chi connectivity index (χ2n) is 4.16. The number of thiol groups is 1. The van der Waals surface area contributed by atoms with E-state index < -0.39 is 9.93 Å². The smallest absolute Gasteiger partial charge is 0.173 e. The highest BCUT2D eigenvalue weighted by Crippen LogP contribution is 2.20. The number of carbonyl (C=O) groups is 1. The van der Waals surface area contributed by atoms with E-state index in [0.717, 1.165) is 24.3 Å². The highest BCUT2D eigenvalue weighted by molar-refractivity contribution is 8.03. The van der Waals surface area contributed by atoms with E-state index in [1.807, 2.05) is 18.2 Å². The van der Waals surface area contributed by atoms with Crippen LogP contribution in [0, 0.1) is 0 Å². The Kier molecular flexibility index (Phi) is 3.00. The van der Waals surface area contributed by atoms with Crippen LogP contribution in [-0.2, 0) is 9.93 Å². The number of rotatable bonds is 3. The van der Waals surface area contributed by atoms with E-state index in [1.54, 1.807) is 12.1 Å². The maximum atomic E-state index is 12.2. The van der Waals surface area contributed by atoms with E-state index in [9.17, 15) is 9.00 Å². The minimum Gasteiger partial charge on any atom is -0.293 e. The van der Waals surface area contributed by atoms with Gasteiger partial charge in [-0.25, -0.2) is 0 Å². The normalized spacial score (nSPS) is 21.1. The minimum atomic E-state index is -2.14. The van der Waals surface area contributed by atoms with Crippen molar-refractivity contribution in [2.45, 2.75) is 12.8 Å². The van der Waals surface area contributed by atoms with Crippen LogP contribution in [0.3, 0.4) is 0 Å². The zero-order valence-electron chi connectivity index (χ0n) is 8.69. The van der Waals surface area contributed by atoms with Gasteiger partial charge in [0.15, 0.2) is 5.78 Å². The summed E-state index contributed by atoms with van der Waals surface area (Å²) in [6, 6.07) is 9.17. The van der Waals surface area contributed by atoms with Gasteiger partial charge in [0.25, 0.3) is 0 Å². The third-order valence-electron chi connectivity index (χ3n) is 2.91. The molecule has 0 aliphatic carbocycles. The van der Waals surface area contributed by atoms with Crippen LogP contribution < -0.4 is 0 Å². The molecule has 0 aromatic heterocycles. The molecule has 0 bridgehead atoms. The molecule has 2 nitrogen and oxygen atoms in total. The Morgan fingerprint density at radius 1 is 1.13 bits per heavy atom. The molecule has 1 aromatic rings. The van der Waals surface area contributed by atoms with Crippen molar-refractivity contribution in [2.24, 2.45) is 0 Å². The van der Waals surface area contributed by atoms with Crippen molar-refractivity contribution in [3.05, 3.63) is 35.9 Å². The van der Waals surface area contributed by atoms with Gasteiger partial charge in [0.05, 0.1) is 5.75 Å². The second-order valence-corrected chi connectivity index (χ2v) is 7.49. The van der Waals surface area contributed by atoms with E-state index >= 15 is 0 Å². The Balaban J connectivity index is 2.07. The summed E-state index contributed by atoms with van der Waals surface area (Å²) >= 11 is 0. The summed E-state index contributed by atoms with van der Waals surface area (Å²) in [7, 11) is -2.14. The predicted molar refractivity (Wildman–Crippen MR) is 64.1 cm³/mol.